The Bertz CT molecular complexity index is 1410. The minimum absolute atomic E-state index is 0.0337. The lowest BCUT2D eigenvalue weighted by Crippen LogP contribution is -2.45. The van der Waals surface area contributed by atoms with Gasteiger partial charge in [-0.3, -0.25) is 4.79 Å². The third kappa shape index (κ3) is 6.87. The molecule has 2 aliphatic rings. The number of amides is 1. The van der Waals surface area contributed by atoms with Crippen LogP contribution < -0.4 is 5.32 Å². The van der Waals surface area contributed by atoms with E-state index in [2.05, 4.69) is 10.2 Å². The first-order chi connectivity index (χ1) is 20.2. The molecule has 11 heteroatoms. The number of carbonyl (C=O) groups excluding carboxylic acids is 1. The fourth-order valence-corrected chi connectivity index (χ4v) is 6.52. The van der Waals surface area contributed by atoms with Gasteiger partial charge in [0.15, 0.2) is 0 Å². The van der Waals surface area contributed by atoms with Crippen LogP contribution in [0.2, 0.25) is 0 Å². The standard InChI is InChI=1S/C32H30F8N2O/c33-26-6-4-21(5-7-26)22-9-12-42(13-10-22)28-8-11-30(18-28,23-2-1-3-27(34)17-23)29(43)41-19-20-14-24(31(35,36)37)16-25(15-20)32(38,39)40/h1-7,14-17,22,28H,8-13,18-19H2,(H,41,43). The van der Waals surface area contributed by atoms with Crippen molar-refractivity contribution >= 4 is 5.91 Å². The van der Waals surface area contributed by atoms with E-state index in [1.54, 1.807) is 18.2 Å². The Hall–Kier alpha value is -3.47. The Balaban J connectivity index is 1.34. The average Bonchev–Trinajstić information content (AvgIpc) is 3.42. The van der Waals surface area contributed by atoms with Gasteiger partial charge in [0.2, 0.25) is 5.91 Å². The molecule has 1 aliphatic heterocycles. The first-order valence-electron chi connectivity index (χ1n) is 14.1. The summed E-state index contributed by atoms with van der Waals surface area (Å²) in [7, 11) is 0. The number of hydrogen-bond acceptors (Lipinski definition) is 2. The Morgan fingerprint density at radius 1 is 0.814 bits per heavy atom. The molecule has 0 spiro atoms. The molecule has 5 rings (SSSR count). The highest BCUT2D eigenvalue weighted by Crippen LogP contribution is 2.45. The number of benzene rings is 3. The van der Waals surface area contributed by atoms with E-state index in [0.717, 1.165) is 31.5 Å². The number of hydrogen-bond donors (Lipinski definition) is 1. The molecule has 1 amide bonds. The number of piperidine rings is 1. The largest absolute Gasteiger partial charge is 0.416 e. The van der Waals surface area contributed by atoms with Crippen molar-refractivity contribution in [2.45, 2.75) is 68.4 Å². The van der Waals surface area contributed by atoms with E-state index < -0.39 is 47.2 Å². The summed E-state index contributed by atoms with van der Waals surface area (Å²) in [5, 5.41) is 2.57. The van der Waals surface area contributed by atoms with Crippen LogP contribution in [0.15, 0.2) is 66.7 Å². The lowest BCUT2D eigenvalue weighted by molar-refractivity contribution is -0.143. The Kier molecular flexibility index (Phi) is 8.57. The van der Waals surface area contributed by atoms with Crippen LogP contribution in [0.5, 0.6) is 0 Å². The fraction of sp³-hybridized carbons (Fsp3) is 0.406. The van der Waals surface area contributed by atoms with Gasteiger partial charge in [-0.15, -0.1) is 0 Å². The van der Waals surface area contributed by atoms with Crippen molar-refractivity contribution in [3.63, 3.8) is 0 Å². The number of halogens is 8. The first kappa shape index (κ1) is 31.0. The lowest BCUT2D eigenvalue weighted by Gasteiger charge is -2.37. The predicted molar refractivity (Wildman–Crippen MR) is 144 cm³/mol. The van der Waals surface area contributed by atoms with Crippen LogP contribution in [-0.4, -0.2) is 29.9 Å². The average molecular weight is 611 g/mol. The van der Waals surface area contributed by atoms with Crippen molar-refractivity contribution in [1.82, 2.24) is 10.2 Å². The molecule has 43 heavy (non-hydrogen) atoms. The molecular weight excluding hydrogens is 580 g/mol. The molecule has 3 nitrogen and oxygen atoms in total. The van der Waals surface area contributed by atoms with Crippen LogP contribution in [0.3, 0.4) is 0 Å². The number of rotatable bonds is 6. The molecule has 2 atom stereocenters. The normalized spacial score (nSPS) is 22.1. The molecule has 3 aromatic carbocycles. The number of nitrogens with zero attached hydrogens (tertiary/aromatic N) is 1. The van der Waals surface area contributed by atoms with Crippen LogP contribution in [-0.2, 0) is 29.1 Å². The topological polar surface area (TPSA) is 32.3 Å². The zero-order chi connectivity index (χ0) is 31.0. The van der Waals surface area contributed by atoms with Crippen LogP contribution in [0, 0.1) is 11.6 Å². The molecule has 1 N–H and O–H groups in total. The number of alkyl halides is 6. The Morgan fingerprint density at radius 3 is 2.02 bits per heavy atom. The van der Waals surface area contributed by atoms with Gasteiger partial charge in [0.1, 0.15) is 11.6 Å². The summed E-state index contributed by atoms with van der Waals surface area (Å²) in [5.74, 6) is -1.16. The van der Waals surface area contributed by atoms with E-state index >= 15 is 0 Å². The highest BCUT2D eigenvalue weighted by atomic mass is 19.4. The van der Waals surface area contributed by atoms with Crippen molar-refractivity contribution < 1.29 is 39.9 Å². The third-order valence-electron chi connectivity index (χ3n) is 8.79. The molecule has 3 aromatic rings. The maximum Gasteiger partial charge on any atom is 0.416 e. The van der Waals surface area contributed by atoms with E-state index in [0.29, 0.717) is 37.0 Å². The number of nitrogens with one attached hydrogen (secondary N) is 1. The second-order valence-electron chi connectivity index (χ2n) is 11.4. The summed E-state index contributed by atoms with van der Waals surface area (Å²) in [5.41, 5.74) is -3.01. The quantitative estimate of drug-likeness (QED) is 0.287. The van der Waals surface area contributed by atoms with Crippen LogP contribution in [0.4, 0.5) is 35.1 Å². The first-order valence-corrected chi connectivity index (χ1v) is 14.1. The molecule has 0 aromatic heterocycles. The SMILES string of the molecule is O=C(NCc1cc(C(F)(F)F)cc(C(F)(F)F)c1)C1(c2cccc(F)c2)CCC(N2CCC(c3ccc(F)cc3)CC2)C1. The van der Waals surface area contributed by atoms with E-state index in [1.165, 1.54) is 30.3 Å². The Morgan fingerprint density at radius 2 is 1.44 bits per heavy atom. The molecule has 1 saturated heterocycles. The molecule has 2 fully saturated rings. The van der Waals surface area contributed by atoms with Gasteiger partial charge >= 0.3 is 12.4 Å². The van der Waals surface area contributed by atoms with Crippen molar-refractivity contribution in [3.05, 3.63) is 106 Å². The zero-order valence-corrected chi connectivity index (χ0v) is 23.0. The van der Waals surface area contributed by atoms with Gasteiger partial charge < -0.3 is 10.2 Å². The van der Waals surface area contributed by atoms with E-state index in [4.69, 9.17) is 0 Å². The highest BCUT2D eigenvalue weighted by molar-refractivity contribution is 5.88. The van der Waals surface area contributed by atoms with Gasteiger partial charge in [-0.05, 0) is 110 Å². The molecule has 0 radical (unpaired) electrons. The number of carbonyl (C=O) groups is 1. The predicted octanol–water partition coefficient (Wildman–Crippen LogP) is 7.99. The third-order valence-corrected chi connectivity index (χ3v) is 8.79. The molecule has 1 aliphatic carbocycles. The zero-order valence-electron chi connectivity index (χ0n) is 23.0. The monoisotopic (exact) mass is 610 g/mol. The Labute approximate surface area is 243 Å². The van der Waals surface area contributed by atoms with Gasteiger partial charge in [-0.25, -0.2) is 8.78 Å². The van der Waals surface area contributed by atoms with E-state index in [9.17, 15) is 39.9 Å². The van der Waals surface area contributed by atoms with Crippen molar-refractivity contribution in [2.75, 3.05) is 13.1 Å². The van der Waals surface area contributed by atoms with Crippen molar-refractivity contribution in [2.24, 2.45) is 0 Å². The van der Waals surface area contributed by atoms with E-state index in [1.807, 2.05) is 0 Å². The lowest BCUT2D eigenvalue weighted by atomic mass is 9.77. The van der Waals surface area contributed by atoms with Gasteiger partial charge in [0.25, 0.3) is 0 Å². The maximum absolute atomic E-state index is 14.3. The second kappa shape index (κ2) is 11.9. The summed E-state index contributed by atoms with van der Waals surface area (Å²) in [4.78, 5) is 16.1. The number of likely N-dealkylation sites (tertiary alicyclic amines) is 1. The van der Waals surface area contributed by atoms with Crippen molar-refractivity contribution in [1.29, 1.82) is 0 Å². The molecule has 2 unspecified atom stereocenters. The van der Waals surface area contributed by atoms with Crippen LogP contribution in [0.25, 0.3) is 0 Å². The molecule has 1 saturated carbocycles. The molecule has 0 bridgehead atoms. The van der Waals surface area contributed by atoms with Crippen LogP contribution >= 0.6 is 0 Å². The highest BCUT2D eigenvalue weighted by Gasteiger charge is 2.48. The molecule has 230 valence electrons. The molecule has 1 heterocycles. The summed E-state index contributed by atoms with van der Waals surface area (Å²) < 4.78 is 108. The fourth-order valence-electron chi connectivity index (χ4n) is 6.52. The smallest absolute Gasteiger partial charge is 0.351 e. The van der Waals surface area contributed by atoms with Gasteiger partial charge in [0, 0.05) is 12.6 Å². The van der Waals surface area contributed by atoms with Gasteiger partial charge in [0.05, 0.1) is 16.5 Å². The summed E-state index contributed by atoms with van der Waals surface area (Å²) in [6.07, 6.45) is -7.10. The second-order valence-corrected chi connectivity index (χ2v) is 11.4. The van der Waals surface area contributed by atoms with Gasteiger partial charge in [-0.2, -0.15) is 26.3 Å². The van der Waals surface area contributed by atoms with Crippen molar-refractivity contribution in [3.8, 4) is 0 Å². The van der Waals surface area contributed by atoms with Crippen LogP contribution in [0.1, 0.15) is 65.8 Å². The maximum atomic E-state index is 14.3. The molecular formula is C32H30F8N2O. The minimum Gasteiger partial charge on any atom is -0.351 e. The summed E-state index contributed by atoms with van der Waals surface area (Å²) in [6.45, 7) is 0.909. The summed E-state index contributed by atoms with van der Waals surface area (Å²) >= 11 is 0. The summed E-state index contributed by atoms with van der Waals surface area (Å²) in [6, 6.07) is 13.2. The van der Waals surface area contributed by atoms with E-state index in [-0.39, 0.29) is 29.4 Å². The minimum atomic E-state index is -5.01. The van der Waals surface area contributed by atoms with Gasteiger partial charge in [-0.1, -0.05) is 24.3 Å².